The van der Waals surface area contributed by atoms with E-state index in [-0.39, 0.29) is 9.10 Å². The molecule has 3 aromatic rings. The third-order valence-corrected chi connectivity index (χ3v) is 10.2. The van der Waals surface area contributed by atoms with Crippen molar-refractivity contribution in [2.24, 2.45) is 0 Å². The van der Waals surface area contributed by atoms with Crippen LogP contribution in [0.1, 0.15) is 36.0 Å². The normalized spacial score (nSPS) is 15.4. The minimum atomic E-state index is -3.66. The zero-order valence-electron chi connectivity index (χ0n) is 18.3. The largest absolute Gasteiger partial charge is 0.322 e. The molecular weight excluding hydrogens is 494 g/mol. The van der Waals surface area contributed by atoms with Crippen molar-refractivity contribution in [1.82, 2.24) is 4.31 Å². The standard InChI is InChI=1S/C23H25N3O5S3/c27-23(18-7-9-20(10-8-18)25-33(28,29)22-6-5-17-32-22)24-19-11-13-21(14-12-19)34(30,31)26-15-3-1-2-4-16-26/h5-14,17,25H,1-4,15-16H2,(H,24,27). The summed E-state index contributed by atoms with van der Waals surface area (Å²) in [5.74, 6) is -0.393. The molecule has 4 rings (SSSR count). The van der Waals surface area contributed by atoms with E-state index in [0.717, 1.165) is 37.0 Å². The van der Waals surface area contributed by atoms with Crippen LogP contribution in [0.15, 0.2) is 75.1 Å². The number of carbonyl (C=O) groups excluding carboxylic acids is 1. The maximum absolute atomic E-state index is 12.9. The molecule has 11 heteroatoms. The topological polar surface area (TPSA) is 113 Å². The molecular formula is C23H25N3O5S3. The summed E-state index contributed by atoms with van der Waals surface area (Å²) in [6, 6.07) is 15.3. The van der Waals surface area contributed by atoms with Gasteiger partial charge in [-0.05, 0) is 72.8 Å². The first kappa shape index (κ1) is 24.4. The van der Waals surface area contributed by atoms with E-state index >= 15 is 0 Å². The summed E-state index contributed by atoms with van der Waals surface area (Å²) in [7, 11) is -7.22. The van der Waals surface area contributed by atoms with Gasteiger partial charge < -0.3 is 5.32 Å². The van der Waals surface area contributed by atoms with Crippen molar-refractivity contribution >= 4 is 48.7 Å². The highest BCUT2D eigenvalue weighted by Gasteiger charge is 2.25. The number of hydrogen-bond donors (Lipinski definition) is 2. The van der Waals surface area contributed by atoms with E-state index in [1.807, 2.05) is 0 Å². The van der Waals surface area contributed by atoms with E-state index in [4.69, 9.17) is 0 Å². The number of nitrogens with one attached hydrogen (secondary N) is 2. The molecule has 34 heavy (non-hydrogen) atoms. The summed E-state index contributed by atoms with van der Waals surface area (Å²) in [6.07, 6.45) is 3.81. The third-order valence-electron chi connectivity index (χ3n) is 5.47. The van der Waals surface area contributed by atoms with Gasteiger partial charge in [-0.25, -0.2) is 16.8 Å². The number of sulfonamides is 2. The molecule has 0 spiro atoms. The van der Waals surface area contributed by atoms with Crippen molar-refractivity contribution in [3.63, 3.8) is 0 Å². The lowest BCUT2D eigenvalue weighted by Gasteiger charge is -2.20. The summed E-state index contributed by atoms with van der Waals surface area (Å²) in [5, 5.41) is 4.41. The van der Waals surface area contributed by atoms with E-state index < -0.39 is 26.0 Å². The number of hydrogen-bond acceptors (Lipinski definition) is 6. The van der Waals surface area contributed by atoms with Gasteiger partial charge in [0, 0.05) is 30.0 Å². The van der Waals surface area contributed by atoms with Crippen molar-refractivity contribution in [2.45, 2.75) is 34.8 Å². The smallest absolute Gasteiger partial charge is 0.271 e. The molecule has 1 fully saturated rings. The van der Waals surface area contributed by atoms with Crippen LogP contribution in [0, 0.1) is 0 Å². The van der Waals surface area contributed by atoms with Crippen molar-refractivity contribution in [1.29, 1.82) is 0 Å². The van der Waals surface area contributed by atoms with Crippen LogP contribution in [0.5, 0.6) is 0 Å². The van der Waals surface area contributed by atoms with Crippen molar-refractivity contribution in [3.8, 4) is 0 Å². The second kappa shape index (κ2) is 10.3. The molecule has 1 saturated heterocycles. The molecule has 1 aliphatic rings. The number of thiophene rings is 1. The molecule has 0 atom stereocenters. The highest BCUT2D eigenvalue weighted by molar-refractivity contribution is 7.94. The van der Waals surface area contributed by atoms with Crippen molar-refractivity contribution in [2.75, 3.05) is 23.1 Å². The second-order valence-electron chi connectivity index (χ2n) is 7.91. The Hall–Kier alpha value is -2.73. The highest BCUT2D eigenvalue weighted by atomic mass is 32.2. The molecule has 8 nitrogen and oxygen atoms in total. The van der Waals surface area contributed by atoms with Gasteiger partial charge >= 0.3 is 0 Å². The first-order valence-electron chi connectivity index (χ1n) is 10.8. The van der Waals surface area contributed by atoms with E-state index in [1.165, 1.54) is 46.8 Å². The zero-order valence-corrected chi connectivity index (χ0v) is 20.8. The fraction of sp³-hybridized carbons (Fsp3) is 0.261. The second-order valence-corrected chi connectivity index (χ2v) is 12.7. The van der Waals surface area contributed by atoms with Gasteiger partial charge in [0.05, 0.1) is 4.90 Å². The molecule has 0 aliphatic carbocycles. The Morgan fingerprint density at radius 2 is 1.41 bits per heavy atom. The van der Waals surface area contributed by atoms with E-state index in [0.29, 0.717) is 30.0 Å². The first-order chi connectivity index (χ1) is 16.3. The molecule has 2 heterocycles. The molecule has 180 valence electrons. The average Bonchev–Trinajstić information content (AvgIpc) is 3.23. The van der Waals surface area contributed by atoms with Crippen LogP contribution < -0.4 is 10.0 Å². The zero-order chi connectivity index (χ0) is 24.2. The molecule has 0 saturated carbocycles. The van der Waals surface area contributed by atoms with Gasteiger partial charge in [-0.3, -0.25) is 9.52 Å². The maximum atomic E-state index is 12.9. The van der Waals surface area contributed by atoms with Crippen molar-refractivity contribution in [3.05, 3.63) is 71.6 Å². The number of amides is 1. The molecule has 0 radical (unpaired) electrons. The fourth-order valence-corrected chi connectivity index (χ4v) is 7.22. The van der Waals surface area contributed by atoms with Crippen LogP contribution >= 0.6 is 11.3 Å². The SMILES string of the molecule is O=C(Nc1ccc(S(=O)(=O)N2CCCCCC2)cc1)c1ccc(NS(=O)(=O)c2cccs2)cc1. The Bertz CT molecular complexity index is 1330. The lowest BCUT2D eigenvalue weighted by atomic mass is 10.2. The molecule has 0 unspecified atom stereocenters. The van der Waals surface area contributed by atoms with Gasteiger partial charge in [0.2, 0.25) is 10.0 Å². The molecule has 1 aromatic heterocycles. The van der Waals surface area contributed by atoms with Crippen LogP contribution in [0.25, 0.3) is 0 Å². The quantitative estimate of drug-likeness (QED) is 0.481. The predicted molar refractivity (Wildman–Crippen MR) is 133 cm³/mol. The Balaban J connectivity index is 1.40. The summed E-state index contributed by atoms with van der Waals surface area (Å²) in [5.41, 5.74) is 1.13. The Labute approximate surface area is 203 Å². The van der Waals surface area contributed by atoms with Gasteiger partial charge in [0.1, 0.15) is 4.21 Å². The minimum Gasteiger partial charge on any atom is -0.322 e. The summed E-state index contributed by atoms with van der Waals surface area (Å²) in [4.78, 5) is 12.8. The van der Waals surface area contributed by atoms with Crippen LogP contribution in [0.2, 0.25) is 0 Å². The molecule has 1 aliphatic heterocycles. The van der Waals surface area contributed by atoms with Gasteiger partial charge in [0.25, 0.3) is 15.9 Å². The average molecular weight is 520 g/mol. The Kier molecular flexibility index (Phi) is 7.36. The molecule has 1 amide bonds. The van der Waals surface area contributed by atoms with E-state index in [2.05, 4.69) is 10.0 Å². The highest BCUT2D eigenvalue weighted by Crippen LogP contribution is 2.23. The van der Waals surface area contributed by atoms with Gasteiger partial charge in [0.15, 0.2) is 0 Å². The molecule has 0 bridgehead atoms. The lowest BCUT2D eigenvalue weighted by Crippen LogP contribution is -2.31. The lowest BCUT2D eigenvalue weighted by molar-refractivity contribution is 0.102. The fourth-order valence-electron chi connectivity index (χ4n) is 3.66. The van der Waals surface area contributed by atoms with Crippen LogP contribution in [0.3, 0.4) is 0 Å². The van der Waals surface area contributed by atoms with Gasteiger partial charge in [-0.1, -0.05) is 18.9 Å². The monoisotopic (exact) mass is 519 g/mol. The summed E-state index contributed by atoms with van der Waals surface area (Å²) in [6.45, 7) is 1.06. The Morgan fingerprint density at radius 3 is 2.00 bits per heavy atom. The maximum Gasteiger partial charge on any atom is 0.271 e. The third kappa shape index (κ3) is 5.66. The molecule has 2 N–H and O–H groups in total. The molecule has 2 aromatic carbocycles. The van der Waals surface area contributed by atoms with Crippen molar-refractivity contribution < 1.29 is 21.6 Å². The summed E-state index contributed by atoms with van der Waals surface area (Å²) < 4.78 is 54.6. The van der Waals surface area contributed by atoms with E-state index in [9.17, 15) is 21.6 Å². The predicted octanol–water partition coefficient (Wildman–Crippen LogP) is 4.37. The number of rotatable bonds is 7. The van der Waals surface area contributed by atoms with Gasteiger partial charge in [-0.2, -0.15) is 4.31 Å². The summed E-state index contributed by atoms with van der Waals surface area (Å²) >= 11 is 1.11. The van der Waals surface area contributed by atoms with Gasteiger partial charge in [-0.15, -0.1) is 11.3 Å². The van der Waals surface area contributed by atoms with Crippen LogP contribution in [-0.2, 0) is 20.0 Å². The number of anilines is 2. The number of nitrogens with zero attached hydrogens (tertiary/aromatic N) is 1. The van der Waals surface area contributed by atoms with Crippen LogP contribution in [0.4, 0.5) is 11.4 Å². The Morgan fingerprint density at radius 1 is 0.794 bits per heavy atom. The number of carbonyl (C=O) groups is 1. The van der Waals surface area contributed by atoms with E-state index in [1.54, 1.807) is 23.6 Å². The minimum absolute atomic E-state index is 0.203. The first-order valence-corrected chi connectivity index (χ1v) is 14.6. The van der Waals surface area contributed by atoms with Crippen LogP contribution in [-0.4, -0.2) is 40.1 Å². The number of benzene rings is 2.